The van der Waals surface area contributed by atoms with Gasteiger partial charge in [0.1, 0.15) is 17.1 Å². The number of rotatable bonds is 2. The first-order valence-corrected chi connectivity index (χ1v) is 12.3. The van der Waals surface area contributed by atoms with Gasteiger partial charge in [0, 0.05) is 49.9 Å². The molecule has 5 heterocycles. The molecule has 5 rings (SSSR count). The van der Waals surface area contributed by atoms with Gasteiger partial charge in [-0.25, -0.2) is 23.9 Å². The molecule has 0 spiro atoms. The molecule has 0 unspecified atom stereocenters. The summed E-state index contributed by atoms with van der Waals surface area (Å²) in [5.41, 5.74) is 3.03. The van der Waals surface area contributed by atoms with Crippen LogP contribution in [-0.2, 0) is 11.2 Å². The molecule has 9 nitrogen and oxygen atoms in total. The topological polar surface area (TPSA) is 92.1 Å². The summed E-state index contributed by atoms with van der Waals surface area (Å²) in [6.07, 6.45) is 7.07. The maximum absolute atomic E-state index is 14.6. The van der Waals surface area contributed by atoms with Gasteiger partial charge in [-0.1, -0.05) is 0 Å². The first kappa shape index (κ1) is 24.0. The van der Waals surface area contributed by atoms with Crippen LogP contribution in [0.2, 0.25) is 0 Å². The number of carbonyl (C=O) groups is 2. The van der Waals surface area contributed by atoms with E-state index in [0.29, 0.717) is 37.5 Å². The molecule has 1 saturated heterocycles. The van der Waals surface area contributed by atoms with E-state index in [1.54, 1.807) is 26.6 Å². The Bertz CT molecular complexity index is 1320. The monoisotopic (exact) mass is 494 g/mol. The van der Waals surface area contributed by atoms with Crippen molar-refractivity contribution in [1.29, 1.82) is 0 Å². The SMILES string of the molecule is Cc1cn2cc(NC(=O)N3CCc4c(C5CCN(C(=O)OC(C)(C)C)CC5)ccnc43)c(F)cc2n1. The van der Waals surface area contributed by atoms with Gasteiger partial charge in [0.05, 0.1) is 11.4 Å². The summed E-state index contributed by atoms with van der Waals surface area (Å²) >= 11 is 0. The molecule has 1 N–H and O–H groups in total. The van der Waals surface area contributed by atoms with Crippen LogP contribution in [0.4, 0.5) is 25.5 Å². The molecule has 3 amide bonds. The number of imidazole rings is 1. The zero-order valence-corrected chi connectivity index (χ0v) is 21.0. The van der Waals surface area contributed by atoms with Gasteiger partial charge in [-0.2, -0.15) is 0 Å². The lowest BCUT2D eigenvalue weighted by Crippen LogP contribution is -2.41. The molecular formula is C26H31FN6O3. The lowest BCUT2D eigenvalue weighted by molar-refractivity contribution is 0.0204. The molecule has 0 aliphatic carbocycles. The van der Waals surface area contributed by atoms with Crippen LogP contribution in [0, 0.1) is 12.7 Å². The number of aryl methyl sites for hydroxylation is 1. The van der Waals surface area contributed by atoms with Crippen molar-refractivity contribution in [3.8, 4) is 0 Å². The van der Waals surface area contributed by atoms with Crippen LogP contribution in [0.3, 0.4) is 0 Å². The number of aromatic nitrogens is 3. The number of hydrogen-bond acceptors (Lipinski definition) is 5. The van der Waals surface area contributed by atoms with Gasteiger partial charge in [0.15, 0.2) is 5.82 Å². The number of urea groups is 1. The number of hydrogen-bond donors (Lipinski definition) is 1. The lowest BCUT2D eigenvalue weighted by Gasteiger charge is -2.34. The van der Waals surface area contributed by atoms with E-state index in [0.717, 1.165) is 24.1 Å². The maximum Gasteiger partial charge on any atom is 0.410 e. The van der Waals surface area contributed by atoms with Gasteiger partial charge in [-0.15, -0.1) is 0 Å². The van der Waals surface area contributed by atoms with Crippen LogP contribution in [0.5, 0.6) is 0 Å². The Morgan fingerprint density at radius 3 is 2.64 bits per heavy atom. The number of amides is 3. The quantitative estimate of drug-likeness (QED) is 0.548. The summed E-state index contributed by atoms with van der Waals surface area (Å²) in [4.78, 5) is 37.6. The highest BCUT2D eigenvalue weighted by Gasteiger charge is 2.33. The van der Waals surface area contributed by atoms with E-state index in [4.69, 9.17) is 4.74 Å². The third-order valence-electron chi connectivity index (χ3n) is 6.65. The molecule has 36 heavy (non-hydrogen) atoms. The minimum Gasteiger partial charge on any atom is -0.444 e. The Morgan fingerprint density at radius 1 is 1.17 bits per heavy atom. The average Bonchev–Trinajstić information content (AvgIpc) is 3.40. The third kappa shape index (κ3) is 4.72. The van der Waals surface area contributed by atoms with Crippen molar-refractivity contribution in [1.82, 2.24) is 19.3 Å². The summed E-state index contributed by atoms with van der Waals surface area (Å²) < 4.78 is 21.8. The summed E-state index contributed by atoms with van der Waals surface area (Å²) in [5.74, 6) is 0.339. The second kappa shape index (κ2) is 9.07. The van der Waals surface area contributed by atoms with Crippen molar-refractivity contribution in [2.24, 2.45) is 0 Å². The van der Waals surface area contributed by atoms with Crippen LogP contribution < -0.4 is 10.2 Å². The largest absolute Gasteiger partial charge is 0.444 e. The Morgan fingerprint density at radius 2 is 1.92 bits per heavy atom. The molecule has 190 valence electrons. The van der Waals surface area contributed by atoms with Crippen LogP contribution in [-0.4, -0.2) is 56.6 Å². The fraction of sp³-hybridized carbons (Fsp3) is 0.462. The summed E-state index contributed by atoms with van der Waals surface area (Å²) in [5, 5.41) is 2.70. The number of nitrogens with zero attached hydrogens (tertiary/aromatic N) is 5. The van der Waals surface area contributed by atoms with E-state index in [1.807, 2.05) is 33.8 Å². The molecule has 10 heteroatoms. The highest BCUT2D eigenvalue weighted by atomic mass is 19.1. The van der Waals surface area contributed by atoms with E-state index in [1.165, 1.54) is 17.8 Å². The lowest BCUT2D eigenvalue weighted by atomic mass is 9.87. The van der Waals surface area contributed by atoms with Crippen molar-refractivity contribution in [2.75, 3.05) is 29.9 Å². The van der Waals surface area contributed by atoms with E-state index < -0.39 is 17.4 Å². The molecule has 0 bridgehead atoms. The van der Waals surface area contributed by atoms with E-state index >= 15 is 0 Å². The van der Waals surface area contributed by atoms with Crippen LogP contribution in [0.1, 0.15) is 56.4 Å². The number of carbonyl (C=O) groups excluding carboxylic acids is 2. The summed E-state index contributed by atoms with van der Waals surface area (Å²) in [7, 11) is 0. The van der Waals surface area contributed by atoms with Gasteiger partial charge in [0.2, 0.25) is 0 Å². The minimum atomic E-state index is -0.542. The van der Waals surface area contributed by atoms with E-state index in [-0.39, 0.29) is 17.7 Å². The molecule has 2 aliphatic rings. The maximum atomic E-state index is 14.6. The van der Waals surface area contributed by atoms with Crippen LogP contribution in [0.25, 0.3) is 5.65 Å². The van der Waals surface area contributed by atoms with Crippen molar-refractivity contribution < 1.29 is 18.7 Å². The highest BCUT2D eigenvalue weighted by Crippen LogP contribution is 2.37. The number of piperidine rings is 1. The van der Waals surface area contributed by atoms with Crippen LogP contribution in [0.15, 0.2) is 30.7 Å². The van der Waals surface area contributed by atoms with E-state index in [2.05, 4.69) is 15.3 Å². The van der Waals surface area contributed by atoms with E-state index in [9.17, 15) is 14.0 Å². The number of fused-ring (bicyclic) bond motifs is 2. The van der Waals surface area contributed by atoms with Crippen LogP contribution >= 0.6 is 0 Å². The van der Waals surface area contributed by atoms with Gasteiger partial charge < -0.3 is 19.4 Å². The molecule has 1 fully saturated rings. The summed E-state index contributed by atoms with van der Waals surface area (Å²) in [6, 6.07) is 2.90. The molecule has 0 saturated carbocycles. The fourth-order valence-electron chi connectivity index (χ4n) is 5.01. The number of pyridine rings is 2. The zero-order chi connectivity index (χ0) is 25.6. The smallest absolute Gasteiger partial charge is 0.410 e. The first-order valence-electron chi connectivity index (χ1n) is 12.3. The van der Waals surface area contributed by atoms with Crippen molar-refractivity contribution in [3.63, 3.8) is 0 Å². The molecule has 2 aliphatic heterocycles. The number of likely N-dealkylation sites (tertiary alicyclic amines) is 1. The average molecular weight is 495 g/mol. The number of nitrogens with one attached hydrogen (secondary N) is 1. The molecule has 0 atom stereocenters. The number of ether oxygens (including phenoxy) is 1. The number of anilines is 2. The molecule has 0 aromatic carbocycles. The van der Waals surface area contributed by atoms with Gasteiger partial charge in [0.25, 0.3) is 0 Å². The zero-order valence-electron chi connectivity index (χ0n) is 21.0. The molecule has 3 aromatic rings. The number of halogens is 1. The van der Waals surface area contributed by atoms with Gasteiger partial charge in [-0.3, -0.25) is 4.90 Å². The fourth-order valence-corrected chi connectivity index (χ4v) is 5.01. The molecule has 3 aromatic heterocycles. The predicted molar refractivity (Wildman–Crippen MR) is 134 cm³/mol. The van der Waals surface area contributed by atoms with Crippen molar-refractivity contribution in [2.45, 2.75) is 58.5 Å². The second-order valence-electron chi connectivity index (χ2n) is 10.5. The highest BCUT2D eigenvalue weighted by molar-refractivity contribution is 6.02. The normalized spacial score (nSPS) is 16.4. The van der Waals surface area contributed by atoms with Crippen molar-refractivity contribution >= 4 is 29.3 Å². The predicted octanol–water partition coefficient (Wildman–Crippen LogP) is 4.89. The Labute approximate surface area is 209 Å². The Hall–Kier alpha value is -3.69. The van der Waals surface area contributed by atoms with Crippen molar-refractivity contribution in [3.05, 3.63) is 53.4 Å². The van der Waals surface area contributed by atoms with Gasteiger partial charge >= 0.3 is 12.1 Å². The second-order valence-corrected chi connectivity index (χ2v) is 10.5. The third-order valence-corrected chi connectivity index (χ3v) is 6.65. The Kier molecular flexibility index (Phi) is 6.05. The first-order chi connectivity index (χ1) is 17.1. The van der Waals surface area contributed by atoms with Gasteiger partial charge in [-0.05, 0) is 64.5 Å². The minimum absolute atomic E-state index is 0.0871. The molecular weight excluding hydrogens is 463 g/mol. The summed E-state index contributed by atoms with van der Waals surface area (Å²) in [6.45, 7) is 9.14. The standard InChI is InChI=1S/C26H31FN6O3/c1-16-14-32-15-21(20(27)13-22(32)29-16)30-24(34)33-12-8-19-18(5-9-28-23(19)33)17-6-10-31(11-7-17)25(35)36-26(2,3)4/h5,9,13-15,17H,6-8,10-12H2,1-4H3,(H,30,34). The molecule has 0 radical (unpaired) electrons. The Balaban J connectivity index is 1.29.